The molecule has 0 aromatic rings. The fourth-order valence-electron chi connectivity index (χ4n) is 1.31. The fourth-order valence-corrected chi connectivity index (χ4v) is 1.71. The summed E-state index contributed by atoms with van der Waals surface area (Å²) in [6, 6.07) is -0.177. The van der Waals surface area contributed by atoms with Crippen LogP contribution in [0.2, 0.25) is 0 Å². The quantitative estimate of drug-likeness (QED) is 0.722. The summed E-state index contributed by atoms with van der Waals surface area (Å²) in [4.78, 5) is 11.9. The van der Waals surface area contributed by atoms with Gasteiger partial charge in [0.25, 0.3) is 0 Å². The number of nitrogens with two attached hydrogens (primary N) is 1. The molecule has 0 aliphatic carbocycles. The Bertz CT molecular complexity index is 361. The molecule has 0 bridgehead atoms. The maximum absolute atomic E-state index is 11.9. The van der Waals surface area contributed by atoms with Gasteiger partial charge in [0, 0.05) is 18.8 Å². The summed E-state index contributed by atoms with van der Waals surface area (Å²) >= 11 is 0. The Morgan fingerprint density at radius 2 is 1.82 bits per heavy atom. The summed E-state index contributed by atoms with van der Waals surface area (Å²) in [6.45, 7) is 7.16. The average molecular weight is 264 g/mol. The first-order valence-corrected chi connectivity index (χ1v) is 7.62. The maximum atomic E-state index is 11.9. The van der Waals surface area contributed by atoms with Crippen molar-refractivity contribution in [2.45, 2.75) is 44.9 Å². The van der Waals surface area contributed by atoms with Crippen molar-refractivity contribution in [3.05, 3.63) is 0 Å². The molecule has 0 aliphatic heterocycles. The molecule has 0 aromatic heterocycles. The molecule has 0 fully saturated rings. The fraction of sp³-hybridized carbons (Fsp3) is 0.909. The van der Waals surface area contributed by atoms with Gasteiger partial charge in [-0.15, -0.1) is 0 Å². The molecule has 6 heteroatoms. The molecule has 102 valence electrons. The molecule has 5 nitrogen and oxygen atoms in total. The molecule has 1 amide bonds. The number of hydrogen-bond donors (Lipinski definition) is 2. The van der Waals surface area contributed by atoms with Gasteiger partial charge in [-0.2, -0.15) is 0 Å². The van der Waals surface area contributed by atoms with Crippen LogP contribution in [0.25, 0.3) is 0 Å². The van der Waals surface area contributed by atoms with Crippen LogP contribution in [0.15, 0.2) is 0 Å². The molecule has 0 saturated heterocycles. The normalized spacial score (nSPS) is 14.8. The highest BCUT2D eigenvalue weighted by molar-refractivity contribution is 7.92. The van der Waals surface area contributed by atoms with E-state index in [0.717, 1.165) is 12.7 Å². The van der Waals surface area contributed by atoms with Gasteiger partial charge in [-0.05, 0) is 26.2 Å². The Kier molecular flexibility index (Phi) is 5.61. The zero-order chi connectivity index (χ0) is 13.9. The van der Waals surface area contributed by atoms with Crippen molar-refractivity contribution in [2.75, 3.05) is 12.8 Å². The molecular weight excluding hydrogens is 240 g/mol. The first kappa shape index (κ1) is 16.4. The molecule has 0 aliphatic rings. The van der Waals surface area contributed by atoms with Gasteiger partial charge in [-0.3, -0.25) is 4.79 Å². The van der Waals surface area contributed by atoms with Crippen molar-refractivity contribution in [3.8, 4) is 0 Å². The van der Waals surface area contributed by atoms with Crippen LogP contribution in [0.4, 0.5) is 0 Å². The average Bonchev–Trinajstić information content (AvgIpc) is 2.13. The van der Waals surface area contributed by atoms with E-state index in [9.17, 15) is 13.2 Å². The summed E-state index contributed by atoms with van der Waals surface area (Å²) in [5.74, 6) is -0.0960. The second-order valence-electron chi connectivity index (χ2n) is 5.32. The minimum atomic E-state index is -3.44. The second-order valence-corrected chi connectivity index (χ2v) is 7.88. The zero-order valence-electron chi connectivity index (χ0n) is 11.3. The first-order valence-electron chi connectivity index (χ1n) is 5.73. The second kappa shape index (κ2) is 5.82. The minimum Gasteiger partial charge on any atom is -0.351 e. The van der Waals surface area contributed by atoms with Crippen LogP contribution in [0, 0.1) is 5.92 Å². The number of carbonyl (C=O) groups is 1. The Hall–Kier alpha value is -0.620. The van der Waals surface area contributed by atoms with E-state index in [2.05, 4.69) is 5.32 Å². The Morgan fingerprint density at radius 3 is 2.12 bits per heavy atom. The van der Waals surface area contributed by atoms with Crippen molar-refractivity contribution in [3.63, 3.8) is 0 Å². The summed E-state index contributed by atoms with van der Waals surface area (Å²) in [5.41, 5.74) is 5.56. The maximum Gasteiger partial charge on any atom is 0.241 e. The smallest absolute Gasteiger partial charge is 0.241 e. The number of sulfone groups is 1. The van der Waals surface area contributed by atoms with Gasteiger partial charge in [-0.25, -0.2) is 8.42 Å². The van der Waals surface area contributed by atoms with Gasteiger partial charge in [-0.1, -0.05) is 13.8 Å². The van der Waals surface area contributed by atoms with E-state index in [-0.39, 0.29) is 6.04 Å². The minimum absolute atomic E-state index is 0.177. The van der Waals surface area contributed by atoms with Crippen LogP contribution in [0.5, 0.6) is 0 Å². The highest BCUT2D eigenvalue weighted by Crippen LogP contribution is 2.16. The lowest BCUT2D eigenvalue weighted by molar-refractivity contribution is -0.123. The lowest BCUT2D eigenvalue weighted by Gasteiger charge is -2.26. The van der Waals surface area contributed by atoms with E-state index in [1.807, 2.05) is 13.8 Å². The first-order chi connectivity index (χ1) is 7.52. The number of carbonyl (C=O) groups excluding carboxylic acids is 1. The van der Waals surface area contributed by atoms with E-state index < -0.39 is 20.5 Å². The monoisotopic (exact) mass is 264 g/mol. The number of nitrogens with one attached hydrogen (secondary N) is 1. The number of rotatable bonds is 6. The van der Waals surface area contributed by atoms with Gasteiger partial charge in [0.15, 0.2) is 9.84 Å². The predicted molar refractivity (Wildman–Crippen MR) is 69.4 cm³/mol. The van der Waals surface area contributed by atoms with Crippen LogP contribution in [0.3, 0.4) is 0 Å². The molecule has 17 heavy (non-hydrogen) atoms. The molecule has 0 saturated carbocycles. The molecule has 0 rings (SSSR count). The highest BCUT2D eigenvalue weighted by Gasteiger charge is 2.39. The predicted octanol–water partition coefficient (Wildman–Crippen LogP) is 0.299. The highest BCUT2D eigenvalue weighted by atomic mass is 32.2. The molecule has 0 spiro atoms. The van der Waals surface area contributed by atoms with Crippen LogP contribution in [0.1, 0.15) is 34.1 Å². The van der Waals surface area contributed by atoms with E-state index in [1.165, 1.54) is 13.8 Å². The topological polar surface area (TPSA) is 89.3 Å². The Morgan fingerprint density at radius 1 is 1.35 bits per heavy atom. The lowest BCUT2D eigenvalue weighted by atomic mass is 10.0. The van der Waals surface area contributed by atoms with Crippen molar-refractivity contribution in [2.24, 2.45) is 11.7 Å². The molecule has 1 unspecified atom stereocenters. The Labute approximate surface area is 104 Å². The largest absolute Gasteiger partial charge is 0.351 e. The molecule has 3 N–H and O–H groups in total. The molecule has 0 aromatic carbocycles. The van der Waals surface area contributed by atoms with Crippen LogP contribution in [-0.4, -0.2) is 37.9 Å². The SMILES string of the molecule is CC(C)CC(CN)NC(=O)C(C)(C)S(C)(=O)=O. The van der Waals surface area contributed by atoms with Crippen molar-refractivity contribution in [1.29, 1.82) is 0 Å². The molecule has 0 radical (unpaired) electrons. The van der Waals surface area contributed by atoms with E-state index in [4.69, 9.17) is 5.73 Å². The van der Waals surface area contributed by atoms with Gasteiger partial charge in [0.05, 0.1) is 0 Å². The molecule has 1 atom stereocenters. The molecular formula is C11H24N2O3S. The number of amides is 1. The van der Waals surface area contributed by atoms with E-state index in [0.29, 0.717) is 12.5 Å². The van der Waals surface area contributed by atoms with Crippen LogP contribution < -0.4 is 11.1 Å². The summed E-state index contributed by atoms with van der Waals surface area (Å²) in [7, 11) is -3.44. The summed E-state index contributed by atoms with van der Waals surface area (Å²) < 4.78 is 21.6. The third-order valence-corrected chi connectivity index (χ3v) is 4.89. The van der Waals surface area contributed by atoms with Gasteiger partial charge < -0.3 is 11.1 Å². The van der Waals surface area contributed by atoms with Crippen LogP contribution in [-0.2, 0) is 14.6 Å². The zero-order valence-corrected chi connectivity index (χ0v) is 12.1. The Balaban J connectivity index is 4.74. The summed E-state index contributed by atoms with van der Waals surface area (Å²) in [5, 5.41) is 2.70. The van der Waals surface area contributed by atoms with Gasteiger partial charge in [0.1, 0.15) is 4.75 Å². The van der Waals surface area contributed by atoms with Crippen molar-refractivity contribution in [1.82, 2.24) is 5.32 Å². The standard InChI is InChI=1S/C11H24N2O3S/c1-8(2)6-9(7-12)13-10(14)11(3,4)17(5,15)16/h8-9H,6-7,12H2,1-5H3,(H,13,14). The third-order valence-electron chi connectivity index (χ3n) is 2.85. The lowest BCUT2D eigenvalue weighted by Crippen LogP contribution is -2.52. The van der Waals surface area contributed by atoms with Gasteiger partial charge >= 0.3 is 0 Å². The summed E-state index contributed by atoms with van der Waals surface area (Å²) in [6.07, 6.45) is 1.80. The van der Waals surface area contributed by atoms with E-state index in [1.54, 1.807) is 0 Å². The third kappa shape index (κ3) is 4.63. The van der Waals surface area contributed by atoms with Gasteiger partial charge in [0.2, 0.25) is 5.91 Å². The van der Waals surface area contributed by atoms with Crippen molar-refractivity contribution >= 4 is 15.7 Å². The van der Waals surface area contributed by atoms with Crippen LogP contribution >= 0.6 is 0 Å². The van der Waals surface area contributed by atoms with E-state index >= 15 is 0 Å². The molecule has 0 heterocycles. The number of hydrogen-bond acceptors (Lipinski definition) is 4. The van der Waals surface area contributed by atoms with Crippen molar-refractivity contribution < 1.29 is 13.2 Å².